The number of benzene rings is 1. The first kappa shape index (κ1) is 19.8. The first-order chi connectivity index (χ1) is 10.4. The minimum Gasteiger partial charge on any atom is -0.520 e. The second-order valence-electron chi connectivity index (χ2n) is 6.08. The van der Waals surface area contributed by atoms with Gasteiger partial charge in [-0.1, -0.05) is 68.7 Å². The lowest BCUT2D eigenvalue weighted by Gasteiger charge is -2.24. The predicted molar refractivity (Wildman–Crippen MR) is 98.5 cm³/mol. The molecule has 0 atom stereocenters. The Morgan fingerprint density at radius 2 is 1.41 bits per heavy atom. The number of hydrogen-bond donors (Lipinski definition) is 0. The fraction of sp³-hybridized carbons (Fsp3) is 0.647. The molecule has 0 N–H and O–H groups in total. The second-order valence-corrected chi connectivity index (χ2v) is 10.2. The Balaban J connectivity index is 2.23. The third-order valence-corrected chi connectivity index (χ3v) is 5.46. The van der Waals surface area contributed by atoms with Crippen molar-refractivity contribution < 1.29 is 8.85 Å². The van der Waals surface area contributed by atoms with Crippen LogP contribution in [0.15, 0.2) is 18.2 Å². The molecular weight excluding hydrogens is 335 g/mol. The van der Waals surface area contributed by atoms with Gasteiger partial charge in [-0.15, -0.1) is 0 Å². The van der Waals surface area contributed by atoms with Crippen molar-refractivity contribution in [2.45, 2.75) is 65.0 Å². The van der Waals surface area contributed by atoms with Crippen LogP contribution in [0.25, 0.3) is 0 Å². The molecular formula is C17H28Cl2O2Si. The van der Waals surface area contributed by atoms with E-state index in [1.165, 1.54) is 38.5 Å². The molecule has 0 aliphatic carbocycles. The van der Waals surface area contributed by atoms with E-state index in [0.29, 0.717) is 15.8 Å². The molecule has 22 heavy (non-hydrogen) atoms. The summed E-state index contributed by atoms with van der Waals surface area (Å²) in [6, 6.07) is 5.25. The lowest BCUT2D eigenvalue weighted by molar-refractivity contribution is 0.241. The van der Waals surface area contributed by atoms with Crippen molar-refractivity contribution in [1.82, 2.24) is 0 Å². The van der Waals surface area contributed by atoms with Gasteiger partial charge in [0, 0.05) is 16.7 Å². The van der Waals surface area contributed by atoms with Gasteiger partial charge in [0.2, 0.25) is 0 Å². The molecule has 0 aliphatic heterocycles. The molecule has 0 bridgehead atoms. The highest BCUT2D eigenvalue weighted by atomic mass is 35.5. The number of halogens is 2. The topological polar surface area (TPSA) is 18.5 Å². The third kappa shape index (κ3) is 9.04. The lowest BCUT2D eigenvalue weighted by atomic mass is 10.1. The van der Waals surface area contributed by atoms with Gasteiger partial charge in [0.05, 0.1) is 0 Å². The fourth-order valence-electron chi connectivity index (χ4n) is 2.28. The predicted octanol–water partition coefficient (Wildman–Crippen LogP) is 6.84. The van der Waals surface area contributed by atoms with Crippen LogP contribution >= 0.6 is 23.2 Å². The number of unbranched alkanes of at least 4 members (excludes halogenated alkanes) is 6. The molecule has 0 radical (unpaired) electrons. The fourth-order valence-corrected chi connectivity index (χ4v) is 4.16. The molecule has 0 aliphatic rings. The van der Waals surface area contributed by atoms with Crippen molar-refractivity contribution in [2.24, 2.45) is 0 Å². The molecule has 2 nitrogen and oxygen atoms in total. The van der Waals surface area contributed by atoms with E-state index in [-0.39, 0.29) is 0 Å². The van der Waals surface area contributed by atoms with Crippen molar-refractivity contribution in [1.29, 1.82) is 0 Å². The largest absolute Gasteiger partial charge is 0.520 e. The van der Waals surface area contributed by atoms with Crippen molar-refractivity contribution >= 4 is 31.8 Å². The molecule has 0 unspecified atom stereocenters. The van der Waals surface area contributed by atoms with Gasteiger partial charge in [-0.25, -0.2) is 0 Å². The van der Waals surface area contributed by atoms with Crippen molar-refractivity contribution in [3.63, 3.8) is 0 Å². The van der Waals surface area contributed by atoms with Crippen LogP contribution < -0.4 is 4.43 Å². The average Bonchev–Trinajstić information content (AvgIpc) is 2.40. The molecule has 0 amide bonds. The zero-order chi connectivity index (χ0) is 16.4. The molecule has 126 valence electrons. The smallest absolute Gasteiger partial charge is 0.392 e. The molecule has 0 saturated carbocycles. The molecule has 0 saturated heterocycles. The molecule has 0 spiro atoms. The van der Waals surface area contributed by atoms with Gasteiger partial charge in [-0.3, -0.25) is 0 Å². The average molecular weight is 363 g/mol. The Bertz CT molecular complexity index is 418. The zero-order valence-electron chi connectivity index (χ0n) is 14.0. The first-order valence-electron chi connectivity index (χ1n) is 8.22. The SMILES string of the molecule is CCCCCCCCCO[Si](C)(C)Oc1cc(Cl)cc(Cl)c1. The van der Waals surface area contributed by atoms with E-state index in [1.54, 1.807) is 18.2 Å². The van der Waals surface area contributed by atoms with Crippen LogP contribution in [0.2, 0.25) is 23.1 Å². The van der Waals surface area contributed by atoms with Gasteiger partial charge < -0.3 is 8.85 Å². The maximum Gasteiger partial charge on any atom is 0.392 e. The van der Waals surface area contributed by atoms with Crippen molar-refractivity contribution in [3.05, 3.63) is 28.2 Å². The molecule has 1 rings (SSSR count). The van der Waals surface area contributed by atoms with Crippen molar-refractivity contribution in [3.8, 4) is 5.75 Å². The zero-order valence-corrected chi connectivity index (χ0v) is 16.5. The van der Waals surface area contributed by atoms with Crippen LogP contribution in [-0.4, -0.2) is 15.2 Å². The Kier molecular flexibility index (Phi) is 9.49. The summed E-state index contributed by atoms with van der Waals surface area (Å²) in [7, 11) is -2.19. The summed E-state index contributed by atoms with van der Waals surface area (Å²) in [5, 5.41) is 1.17. The summed E-state index contributed by atoms with van der Waals surface area (Å²) in [6.45, 7) is 7.10. The van der Waals surface area contributed by atoms with Gasteiger partial charge in [0.15, 0.2) is 0 Å². The van der Waals surface area contributed by atoms with Crippen LogP contribution in [-0.2, 0) is 4.43 Å². The number of hydrogen-bond acceptors (Lipinski definition) is 2. The van der Waals surface area contributed by atoms with E-state index in [1.807, 2.05) is 13.1 Å². The van der Waals surface area contributed by atoms with Crippen LogP contribution in [0.1, 0.15) is 51.9 Å². The molecule has 1 aromatic carbocycles. The van der Waals surface area contributed by atoms with Gasteiger partial charge in [0.1, 0.15) is 5.75 Å². The summed E-state index contributed by atoms with van der Waals surface area (Å²) in [5.41, 5.74) is 0. The third-order valence-electron chi connectivity index (χ3n) is 3.40. The minimum atomic E-state index is -2.19. The van der Waals surface area contributed by atoms with Gasteiger partial charge in [-0.2, -0.15) is 0 Å². The van der Waals surface area contributed by atoms with Gasteiger partial charge >= 0.3 is 8.56 Å². The van der Waals surface area contributed by atoms with E-state index >= 15 is 0 Å². The van der Waals surface area contributed by atoms with E-state index < -0.39 is 8.56 Å². The Labute approximate surface area is 146 Å². The van der Waals surface area contributed by atoms with Crippen molar-refractivity contribution in [2.75, 3.05) is 6.61 Å². The molecule has 0 heterocycles. The maximum atomic E-state index is 5.99. The highest BCUT2D eigenvalue weighted by Crippen LogP contribution is 2.26. The van der Waals surface area contributed by atoms with E-state index in [9.17, 15) is 0 Å². The summed E-state index contributed by atoms with van der Waals surface area (Å²) in [5.74, 6) is 0.689. The number of rotatable bonds is 11. The lowest BCUT2D eigenvalue weighted by Crippen LogP contribution is -2.38. The summed E-state index contributed by atoms with van der Waals surface area (Å²) >= 11 is 12.0. The van der Waals surface area contributed by atoms with E-state index in [2.05, 4.69) is 6.92 Å². The Hall–Kier alpha value is -0.223. The van der Waals surface area contributed by atoms with E-state index in [4.69, 9.17) is 32.1 Å². The minimum absolute atomic E-state index is 0.583. The quantitative estimate of drug-likeness (QED) is 0.316. The Morgan fingerprint density at radius 3 is 2.00 bits per heavy atom. The van der Waals surface area contributed by atoms with Crippen LogP contribution in [0.3, 0.4) is 0 Å². The van der Waals surface area contributed by atoms with Gasteiger partial charge in [0.25, 0.3) is 0 Å². The normalized spacial score (nSPS) is 11.7. The highest BCUT2D eigenvalue weighted by molar-refractivity contribution is 6.65. The standard InChI is InChI=1S/C17H28Cl2O2Si/c1-4-5-6-7-8-9-10-11-20-22(2,3)21-17-13-15(18)12-16(19)14-17/h12-14H,4-11H2,1-3H3. The van der Waals surface area contributed by atoms with Crippen LogP contribution in [0.4, 0.5) is 0 Å². The summed E-state index contributed by atoms with van der Waals surface area (Å²) < 4.78 is 11.9. The summed E-state index contributed by atoms with van der Waals surface area (Å²) in [4.78, 5) is 0. The monoisotopic (exact) mass is 362 g/mol. The summed E-state index contributed by atoms with van der Waals surface area (Å²) in [6.07, 6.45) is 8.98. The molecule has 0 aromatic heterocycles. The molecule has 0 fully saturated rings. The Morgan fingerprint density at radius 1 is 0.864 bits per heavy atom. The maximum absolute atomic E-state index is 5.99. The van der Waals surface area contributed by atoms with E-state index in [0.717, 1.165) is 13.0 Å². The van der Waals surface area contributed by atoms with Crippen LogP contribution in [0.5, 0.6) is 5.75 Å². The molecule has 5 heteroatoms. The van der Waals surface area contributed by atoms with Gasteiger partial charge in [-0.05, 0) is 37.7 Å². The molecule has 1 aromatic rings. The second kappa shape index (κ2) is 10.5. The van der Waals surface area contributed by atoms with Crippen LogP contribution in [0, 0.1) is 0 Å². The first-order valence-corrected chi connectivity index (χ1v) is 11.8. The highest BCUT2D eigenvalue weighted by Gasteiger charge is 2.26.